The molecule has 7 nitrogen and oxygen atoms in total. The molecular formula is C34H46FeN4O3. The molecule has 1 saturated heterocycles. The van der Waals surface area contributed by atoms with E-state index in [1.807, 2.05) is 49.4 Å². The predicted molar refractivity (Wildman–Crippen MR) is 167 cm³/mol. The van der Waals surface area contributed by atoms with E-state index in [9.17, 15) is 14.4 Å². The Hall–Kier alpha value is -2.64. The molecule has 42 heavy (non-hydrogen) atoms. The Morgan fingerprint density at radius 3 is 2.02 bits per heavy atom. The van der Waals surface area contributed by atoms with Gasteiger partial charge in [-0.3, -0.25) is 19.3 Å². The molecular weight excluding hydrogens is 568 g/mol. The first-order valence-corrected chi connectivity index (χ1v) is 16.2. The maximum atomic E-state index is 13.1. The van der Waals surface area contributed by atoms with Crippen LogP contribution in [0.4, 0.5) is 0 Å². The number of benzene rings is 2. The van der Waals surface area contributed by atoms with Gasteiger partial charge >= 0.3 is 39.3 Å². The number of nitrogens with one attached hydrogen (secondary N) is 1. The van der Waals surface area contributed by atoms with Crippen LogP contribution in [-0.4, -0.2) is 89.2 Å². The molecule has 2 aromatic rings. The molecule has 1 N–H and O–H groups in total. The quantitative estimate of drug-likeness (QED) is 0.161. The maximum absolute atomic E-state index is 13.1. The van der Waals surface area contributed by atoms with E-state index in [0.717, 1.165) is 75.7 Å². The van der Waals surface area contributed by atoms with Crippen LogP contribution in [-0.2, 0) is 20.4 Å². The summed E-state index contributed by atoms with van der Waals surface area (Å²) in [7, 11) is 0. The molecule has 0 aromatic heterocycles. The molecule has 2 heterocycles. The Morgan fingerprint density at radius 1 is 0.929 bits per heavy atom. The van der Waals surface area contributed by atoms with Crippen molar-refractivity contribution in [1.82, 2.24) is 20.0 Å². The second kappa shape index (κ2) is 16.3. The Bertz CT molecular complexity index is 1230. The van der Waals surface area contributed by atoms with E-state index < -0.39 is 0 Å². The van der Waals surface area contributed by atoms with E-state index in [1.165, 1.54) is 28.6 Å². The van der Waals surface area contributed by atoms with Gasteiger partial charge in [0.25, 0.3) is 11.8 Å². The molecule has 2 aromatic carbocycles. The molecule has 1 aliphatic carbocycles. The van der Waals surface area contributed by atoms with Crippen LogP contribution in [0.3, 0.4) is 0 Å². The molecule has 2 fully saturated rings. The number of unbranched alkanes of at least 4 members (excludes halogenated alkanes) is 1. The fourth-order valence-electron chi connectivity index (χ4n) is 5.50. The summed E-state index contributed by atoms with van der Waals surface area (Å²) in [6, 6.07) is 11.3. The van der Waals surface area contributed by atoms with Gasteiger partial charge in [0, 0.05) is 55.8 Å². The predicted octanol–water partition coefficient (Wildman–Crippen LogP) is 4.83. The average Bonchev–Trinajstić information content (AvgIpc) is 2.99. The first kappa shape index (κ1) is 32.3. The number of hydrogen-bond acceptors (Lipinski definition) is 5. The van der Waals surface area contributed by atoms with Crippen molar-refractivity contribution in [2.75, 3.05) is 52.4 Å². The molecule has 228 valence electrons. The number of hydrogen-bond donors (Lipinski definition) is 1. The molecule has 8 heteroatoms. The van der Waals surface area contributed by atoms with Crippen molar-refractivity contribution in [3.63, 3.8) is 0 Å². The number of carbonyl (C=O) groups excluding carboxylic acids is 3. The second-order valence-electron chi connectivity index (χ2n) is 11.5. The van der Waals surface area contributed by atoms with Gasteiger partial charge in [-0.25, -0.2) is 0 Å². The summed E-state index contributed by atoms with van der Waals surface area (Å²) < 4.78 is 1.44. The summed E-state index contributed by atoms with van der Waals surface area (Å²) in [4.78, 5) is 44.6. The van der Waals surface area contributed by atoms with Gasteiger partial charge in [-0.2, -0.15) is 0 Å². The number of piperazine rings is 1. The van der Waals surface area contributed by atoms with Crippen molar-refractivity contribution >= 4 is 32.9 Å². The van der Waals surface area contributed by atoms with Crippen molar-refractivity contribution < 1.29 is 30.0 Å². The third-order valence-corrected chi connectivity index (χ3v) is 8.86. The van der Waals surface area contributed by atoms with Crippen LogP contribution in [0.25, 0.3) is 10.8 Å². The van der Waals surface area contributed by atoms with Gasteiger partial charge in [-0.15, -0.1) is 0 Å². The summed E-state index contributed by atoms with van der Waals surface area (Å²) in [5, 5.41) is 4.77. The van der Waals surface area contributed by atoms with Gasteiger partial charge < -0.3 is 15.1 Å². The summed E-state index contributed by atoms with van der Waals surface area (Å²) >= 11 is 3.76. The first-order valence-electron chi connectivity index (χ1n) is 15.6. The third kappa shape index (κ3) is 8.70. The average molecular weight is 615 g/mol. The van der Waals surface area contributed by atoms with Crippen molar-refractivity contribution in [1.29, 1.82) is 0 Å². The molecule has 3 amide bonds. The third-order valence-electron chi connectivity index (χ3n) is 8.30. The minimum atomic E-state index is -0.183. The van der Waals surface area contributed by atoms with Gasteiger partial charge in [-0.05, 0) is 49.9 Å². The topological polar surface area (TPSA) is 73.0 Å². The van der Waals surface area contributed by atoms with Crippen LogP contribution in [0.2, 0.25) is 0 Å². The van der Waals surface area contributed by atoms with Crippen LogP contribution in [0.15, 0.2) is 48.6 Å². The number of imide groups is 1. The summed E-state index contributed by atoms with van der Waals surface area (Å²) in [6.07, 6.45) is 11.9. The number of rotatable bonds is 12. The van der Waals surface area contributed by atoms with E-state index in [4.69, 9.17) is 0 Å². The van der Waals surface area contributed by atoms with Crippen LogP contribution in [0.1, 0.15) is 79.5 Å². The van der Waals surface area contributed by atoms with Crippen LogP contribution < -0.4 is 5.32 Å². The zero-order valence-corrected chi connectivity index (χ0v) is 26.3. The van der Waals surface area contributed by atoms with Crippen molar-refractivity contribution in [3.8, 4) is 0 Å². The zero-order valence-electron chi connectivity index (χ0n) is 25.2. The normalized spacial score (nSPS) is 18.2. The second-order valence-corrected chi connectivity index (χ2v) is 12.3. The van der Waals surface area contributed by atoms with Crippen LogP contribution in [0.5, 0.6) is 0 Å². The molecule has 0 radical (unpaired) electrons. The summed E-state index contributed by atoms with van der Waals surface area (Å²) in [5.41, 5.74) is 1.25. The Labute approximate surface area is 259 Å². The Kier molecular flexibility index (Phi) is 12.5. The van der Waals surface area contributed by atoms with Gasteiger partial charge in [0.15, 0.2) is 0 Å². The Balaban J connectivity index is 0.000000732. The van der Waals surface area contributed by atoms with E-state index in [0.29, 0.717) is 24.2 Å². The van der Waals surface area contributed by atoms with Gasteiger partial charge in [0.2, 0.25) is 5.91 Å². The number of carbonyl (C=O) groups is 3. The summed E-state index contributed by atoms with van der Waals surface area (Å²) in [6.45, 7) is 11.0. The monoisotopic (exact) mass is 614 g/mol. The van der Waals surface area contributed by atoms with Gasteiger partial charge in [0.1, 0.15) is 0 Å². The fourth-order valence-corrected chi connectivity index (χ4v) is 5.89. The van der Waals surface area contributed by atoms with E-state index in [2.05, 4.69) is 43.7 Å². The Morgan fingerprint density at radius 2 is 1.50 bits per heavy atom. The van der Waals surface area contributed by atoms with Crippen molar-refractivity contribution in [2.45, 2.75) is 58.8 Å². The van der Waals surface area contributed by atoms with Gasteiger partial charge in [0.05, 0.1) is 5.92 Å². The van der Waals surface area contributed by atoms with E-state index in [-0.39, 0.29) is 23.6 Å². The molecule has 0 bridgehead atoms. The molecule has 1 saturated carbocycles. The number of amides is 3. The zero-order chi connectivity index (χ0) is 29.9. The molecule has 2 aliphatic heterocycles. The molecule has 5 rings (SSSR count). The van der Waals surface area contributed by atoms with Crippen molar-refractivity contribution in [2.24, 2.45) is 5.92 Å². The number of allylic oxidation sites excluding steroid dienone is 1. The fraction of sp³-hybridized carbons (Fsp3) is 0.529. The number of nitrogens with zero attached hydrogens (tertiary/aromatic N) is 3. The first-order chi connectivity index (χ1) is 20.4. The van der Waals surface area contributed by atoms with Gasteiger partial charge in [-0.1, -0.05) is 56.7 Å². The molecule has 3 aliphatic rings. The van der Waals surface area contributed by atoms with E-state index >= 15 is 0 Å². The van der Waals surface area contributed by atoms with Crippen molar-refractivity contribution in [3.05, 3.63) is 59.7 Å². The molecule has 1 unspecified atom stereocenters. The standard InChI is InChI=1S/C30H40N4O3.C4H6.Fe/c1-3-4-5-10-23(2)28(35)31-15-8-16-32-19-21-33(22-20-32)17-9-18-34-29(36)25-13-6-11-24-12-7-14-26(27(24)25)30(34)37;1-2-4-3-1;/h5-7,10-14,23H,3-4,8-9,15-22H2,1-2H3,(H,31,35);1-3H2;/b10-5-;;. The van der Waals surface area contributed by atoms with E-state index in [1.54, 1.807) is 0 Å². The SMILES string of the molecule is CCC/C=C\C(C)C(=O)NCCCN1CCN(CCCN2C(=O)c3cccc4cccc(c34)C2=O)CC1.[Fe]=[C]1CCC1. The molecule has 0 spiro atoms. The van der Waals surface area contributed by atoms with Crippen LogP contribution >= 0.6 is 0 Å². The summed E-state index contributed by atoms with van der Waals surface area (Å²) in [5.74, 6) is -0.341. The minimum absolute atomic E-state index is 0.0749. The van der Waals surface area contributed by atoms with Crippen LogP contribution in [0, 0.1) is 5.92 Å². The molecule has 1 atom stereocenters.